The van der Waals surface area contributed by atoms with Crippen LogP contribution in [-0.4, -0.2) is 5.78 Å². The van der Waals surface area contributed by atoms with Crippen LogP contribution in [0.3, 0.4) is 0 Å². The van der Waals surface area contributed by atoms with Gasteiger partial charge in [0.15, 0.2) is 0 Å². The fourth-order valence-electron chi connectivity index (χ4n) is 2.80. The molecule has 68 valence electrons. The van der Waals surface area contributed by atoms with E-state index in [-0.39, 0.29) is 5.41 Å². The van der Waals surface area contributed by atoms with E-state index in [4.69, 9.17) is 0 Å². The lowest BCUT2D eigenvalue weighted by Gasteiger charge is -2.19. The van der Waals surface area contributed by atoms with Gasteiger partial charge in [-0.25, -0.2) is 0 Å². The SMILES string of the molecule is CCCC[C@]12C[C@H]1CCCC2=O. The molecule has 1 heteroatoms. The van der Waals surface area contributed by atoms with Crippen LogP contribution in [0.15, 0.2) is 0 Å². The molecule has 0 heterocycles. The number of Topliss-reactive ketones (excluding diaryl/α,β-unsaturated/α-hetero) is 1. The van der Waals surface area contributed by atoms with Crippen LogP contribution in [-0.2, 0) is 4.79 Å². The predicted molar refractivity (Wildman–Crippen MR) is 48.9 cm³/mol. The highest BCUT2D eigenvalue weighted by molar-refractivity contribution is 5.88. The molecule has 0 aromatic rings. The Balaban J connectivity index is 1.97. The summed E-state index contributed by atoms with van der Waals surface area (Å²) in [5.41, 5.74) is 0.217. The van der Waals surface area contributed by atoms with E-state index in [0.717, 1.165) is 18.8 Å². The first-order valence-corrected chi connectivity index (χ1v) is 5.33. The van der Waals surface area contributed by atoms with Crippen LogP contribution in [0.1, 0.15) is 51.9 Å². The molecule has 12 heavy (non-hydrogen) atoms. The Morgan fingerprint density at radius 2 is 2.42 bits per heavy atom. The number of hydrogen-bond acceptors (Lipinski definition) is 1. The number of carbonyl (C=O) groups is 1. The lowest BCUT2D eigenvalue weighted by molar-refractivity contribution is -0.126. The van der Waals surface area contributed by atoms with E-state index < -0.39 is 0 Å². The van der Waals surface area contributed by atoms with Gasteiger partial charge in [-0.1, -0.05) is 19.8 Å². The molecular weight excluding hydrogens is 148 g/mol. The van der Waals surface area contributed by atoms with Gasteiger partial charge < -0.3 is 0 Å². The smallest absolute Gasteiger partial charge is 0.139 e. The minimum absolute atomic E-state index is 0.217. The van der Waals surface area contributed by atoms with Crippen molar-refractivity contribution in [3.05, 3.63) is 0 Å². The van der Waals surface area contributed by atoms with Gasteiger partial charge in [0, 0.05) is 11.8 Å². The third-order valence-corrected chi connectivity index (χ3v) is 3.72. The fourth-order valence-corrected chi connectivity index (χ4v) is 2.80. The first kappa shape index (κ1) is 8.28. The van der Waals surface area contributed by atoms with Crippen molar-refractivity contribution >= 4 is 5.78 Å². The molecule has 2 rings (SSSR count). The van der Waals surface area contributed by atoms with E-state index >= 15 is 0 Å². The number of ketones is 1. The first-order chi connectivity index (χ1) is 5.79. The Bertz CT molecular complexity index is 197. The zero-order chi connectivity index (χ0) is 8.60. The molecular formula is C11H18O. The molecule has 0 aromatic carbocycles. The molecule has 0 N–H and O–H groups in total. The van der Waals surface area contributed by atoms with E-state index in [1.165, 1.54) is 32.1 Å². The summed E-state index contributed by atoms with van der Waals surface area (Å²) in [5, 5.41) is 0. The van der Waals surface area contributed by atoms with Gasteiger partial charge in [0.1, 0.15) is 5.78 Å². The first-order valence-electron chi connectivity index (χ1n) is 5.33. The Morgan fingerprint density at radius 1 is 1.58 bits per heavy atom. The molecule has 1 nitrogen and oxygen atoms in total. The summed E-state index contributed by atoms with van der Waals surface area (Å²) in [6, 6.07) is 0. The molecule has 2 atom stereocenters. The second-order valence-electron chi connectivity index (χ2n) is 4.48. The number of unbranched alkanes of at least 4 members (excludes halogenated alkanes) is 1. The minimum Gasteiger partial charge on any atom is -0.299 e. The Labute approximate surface area is 74.5 Å². The molecule has 2 aliphatic rings. The summed E-state index contributed by atoms with van der Waals surface area (Å²) in [6.45, 7) is 2.21. The van der Waals surface area contributed by atoms with Crippen LogP contribution in [0.25, 0.3) is 0 Å². The van der Waals surface area contributed by atoms with Crippen molar-refractivity contribution in [1.82, 2.24) is 0 Å². The summed E-state index contributed by atoms with van der Waals surface area (Å²) in [6.07, 6.45) is 8.27. The molecule has 0 bridgehead atoms. The van der Waals surface area contributed by atoms with Gasteiger partial charge in [-0.15, -0.1) is 0 Å². The lowest BCUT2D eigenvalue weighted by Crippen LogP contribution is -2.21. The lowest BCUT2D eigenvalue weighted by atomic mass is 9.83. The quantitative estimate of drug-likeness (QED) is 0.630. The number of hydrogen-bond donors (Lipinski definition) is 0. The maximum atomic E-state index is 11.7. The largest absolute Gasteiger partial charge is 0.299 e. The van der Waals surface area contributed by atoms with Crippen LogP contribution in [0.5, 0.6) is 0 Å². The standard InChI is InChI=1S/C11H18O/c1-2-3-7-11-8-9(11)5-4-6-10(11)12/h9H,2-8H2,1H3/t9-,11+/m1/s1. The van der Waals surface area contributed by atoms with E-state index in [1.807, 2.05) is 0 Å². The predicted octanol–water partition coefficient (Wildman–Crippen LogP) is 2.94. The number of carbonyl (C=O) groups excluding carboxylic acids is 1. The molecule has 0 saturated heterocycles. The van der Waals surface area contributed by atoms with Crippen molar-refractivity contribution in [3.63, 3.8) is 0 Å². The van der Waals surface area contributed by atoms with Crippen LogP contribution in [0, 0.1) is 11.3 Å². The Morgan fingerprint density at radius 3 is 3.08 bits per heavy atom. The zero-order valence-electron chi connectivity index (χ0n) is 7.94. The molecule has 2 aliphatic carbocycles. The summed E-state index contributed by atoms with van der Waals surface area (Å²) in [4.78, 5) is 11.7. The van der Waals surface area contributed by atoms with Gasteiger partial charge in [-0.3, -0.25) is 4.79 Å². The maximum Gasteiger partial charge on any atom is 0.139 e. The Hall–Kier alpha value is -0.330. The molecule has 0 amide bonds. The third-order valence-electron chi connectivity index (χ3n) is 3.72. The zero-order valence-corrected chi connectivity index (χ0v) is 7.94. The molecule has 2 fully saturated rings. The summed E-state index contributed by atoms with van der Waals surface area (Å²) in [5.74, 6) is 1.39. The number of rotatable bonds is 3. The maximum absolute atomic E-state index is 11.7. The van der Waals surface area contributed by atoms with Gasteiger partial charge in [0.25, 0.3) is 0 Å². The van der Waals surface area contributed by atoms with Gasteiger partial charge >= 0.3 is 0 Å². The van der Waals surface area contributed by atoms with Crippen molar-refractivity contribution < 1.29 is 4.79 Å². The third kappa shape index (κ3) is 1.10. The second-order valence-corrected chi connectivity index (χ2v) is 4.48. The Kier molecular flexibility index (Phi) is 1.97. The minimum atomic E-state index is 0.217. The summed E-state index contributed by atoms with van der Waals surface area (Å²) < 4.78 is 0. The topological polar surface area (TPSA) is 17.1 Å². The molecule has 0 radical (unpaired) electrons. The van der Waals surface area contributed by atoms with Crippen LogP contribution in [0.2, 0.25) is 0 Å². The van der Waals surface area contributed by atoms with Crippen molar-refractivity contribution in [2.45, 2.75) is 51.9 Å². The monoisotopic (exact) mass is 166 g/mol. The van der Waals surface area contributed by atoms with E-state index in [0.29, 0.717) is 5.78 Å². The van der Waals surface area contributed by atoms with Gasteiger partial charge in [-0.2, -0.15) is 0 Å². The van der Waals surface area contributed by atoms with Crippen LogP contribution in [0.4, 0.5) is 0 Å². The molecule has 0 spiro atoms. The van der Waals surface area contributed by atoms with Crippen molar-refractivity contribution in [2.75, 3.05) is 0 Å². The highest BCUT2D eigenvalue weighted by Gasteiger charge is 2.59. The molecule has 0 aliphatic heterocycles. The van der Waals surface area contributed by atoms with Crippen LogP contribution < -0.4 is 0 Å². The second kappa shape index (κ2) is 2.86. The average Bonchev–Trinajstić information content (AvgIpc) is 2.78. The normalized spacial score (nSPS) is 39.4. The van der Waals surface area contributed by atoms with Gasteiger partial charge in [0.05, 0.1) is 0 Å². The number of fused-ring (bicyclic) bond motifs is 1. The van der Waals surface area contributed by atoms with Crippen molar-refractivity contribution in [2.24, 2.45) is 11.3 Å². The summed E-state index contributed by atoms with van der Waals surface area (Å²) in [7, 11) is 0. The highest BCUT2D eigenvalue weighted by Crippen LogP contribution is 2.62. The van der Waals surface area contributed by atoms with E-state index in [9.17, 15) is 4.79 Å². The van der Waals surface area contributed by atoms with Gasteiger partial charge in [-0.05, 0) is 31.6 Å². The fraction of sp³-hybridized carbons (Fsp3) is 0.909. The molecule has 0 unspecified atom stereocenters. The van der Waals surface area contributed by atoms with E-state index in [1.54, 1.807) is 0 Å². The summed E-state index contributed by atoms with van der Waals surface area (Å²) >= 11 is 0. The van der Waals surface area contributed by atoms with Crippen LogP contribution >= 0.6 is 0 Å². The molecule has 0 aromatic heterocycles. The van der Waals surface area contributed by atoms with E-state index in [2.05, 4.69) is 6.92 Å². The average molecular weight is 166 g/mol. The van der Waals surface area contributed by atoms with Crippen molar-refractivity contribution in [3.8, 4) is 0 Å². The molecule has 2 saturated carbocycles. The van der Waals surface area contributed by atoms with Crippen molar-refractivity contribution in [1.29, 1.82) is 0 Å². The highest BCUT2D eigenvalue weighted by atomic mass is 16.1. The van der Waals surface area contributed by atoms with Gasteiger partial charge in [0.2, 0.25) is 0 Å².